The molecule has 0 aliphatic carbocycles. The first kappa shape index (κ1) is 20.2. The van der Waals surface area contributed by atoms with E-state index in [0.717, 1.165) is 58.1 Å². The van der Waals surface area contributed by atoms with Gasteiger partial charge in [0, 0.05) is 36.7 Å². The minimum Gasteiger partial charge on any atom is -0.381 e. The highest BCUT2D eigenvalue weighted by Gasteiger charge is 2.34. The molecule has 0 amide bonds. The molecule has 25 heavy (non-hydrogen) atoms. The van der Waals surface area contributed by atoms with Gasteiger partial charge >= 0.3 is 0 Å². The number of ether oxygens (including phenoxy) is 1. The van der Waals surface area contributed by atoms with Crippen LogP contribution in [0.2, 0.25) is 0 Å². The molecule has 142 valence electrons. The average Bonchev–Trinajstić information content (AvgIpc) is 3.11. The fraction of sp³-hybridized carbons (Fsp3) is 0.737. The molecular weight excluding hydrogens is 332 g/mol. The minimum absolute atomic E-state index is 0.114. The van der Waals surface area contributed by atoms with E-state index in [1.807, 2.05) is 11.3 Å². The number of hydrogen-bond acceptors (Lipinski definition) is 4. The van der Waals surface area contributed by atoms with E-state index in [-0.39, 0.29) is 5.54 Å². The van der Waals surface area contributed by atoms with Crippen molar-refractivity contribution in [2.75, 3.05) is 46.9 Å². The lowest BCUT2D eigenvalue weighted by atomic mass is 9.89. The molecule has 2 rings (SSSR count). The van der Waals surface area contributed by atoms with Crippen molar-refractivity contribution < 1.29 is 4.74 Å². The third kappa shape index (κ3) is 6.28. The number of thiophene rings is 1. The van der Waals surface area contributed by atoms with Crippen molar-refractivity contribution in [1.29, 1.82) is 0 Å². The maximum Gasteiger partial charge on any atom is 0.191 e. The molecular formula is C19H34N4OS. The summed E-state index contributed by atoms with van der Waals surface area (Å²) in [7, 11) is 4.31. The molecule has 1 unspecified atom stereocenters. The molecule has 0 aromatic carbocycles. The second kappa shape index (κ2) is 10.1. The van der Waals surface area contributed by atoms with Gasteiger partial charge in [-0.3, -0.25) is 4.99 Å². The highest BCUT2D eigenvalue weighted by atomic mass is 32.1. The molecule has 1 fully saturated rings. The van der Waals surface area contributed by atoms with Crippen LogP contribution in [0, 0.1) is 5.92 Å². The monoisotopic (exact) mass is 366 g/mol. The van der Waals surface area contributed by atoms with Gasteiger partial charge < -0.3 is 20.3 Å². The molecule has 0 spiro atoms. The van der Waals surface area contributed by atoms with Gasteiger partial charge in [0.05, 0.1) is 6.54 Å². The summed E-state index contributed by atoms with van der Waals surface area (Å²) in [4.78, 5) is 8.67. The number of likely N-dealkylation sites (N-methyl/N-ethyl adjacent to an activating group) is 1. The van der Waals surface area contributed by atoms with E-state index in [1.54, 1.807) is 0 Å². The lowest BCUT2D eigenvalue weighted by molar-refractivity contribution is -0.00254. The Morgan fingerprint density at radius 3 is 2.72 bits per heavy atom. The highest BCUT2D eigenvalue weighted by Crippen LogP contribution is 2.26. The van der Waals surface area contributed by atoms with Crippen molar-refractivity contribution in [1.82, 2.24) is 15.5 Å². The highest BCUT2D eigenvalue weighted by molar-refractivity contribution is 7.09. The van der Waals surface area contributed by atoms with Gasteiger partial charge in [0.15, 0.2) is 5.96 Å². The molecule has 2 N–H and O–H groups in total. The maximum atomic E-state index is 5.55. The van der Waals surface area contributed by atoms with Crippen molar-refractivity contribution in [2.45, 2.75) is 38.6 Å². The summed E-state index contributed by atoms with van der Waals surface area (Å²) in [5.74, 6) is 1.50. The maximum absolute atomic E-state index is 5.55. The number of hydrogen-bond donors (Lipinski definition) is 2. The molecule has 6 heteroatoms. The standard InChI is InChI=1S/C19H34N4OS/c1-5-20-18(21-14-16(2)13-17-7-6-12-25-17)22-15-19(23(3)4)8-10-24-11-9-19/h6-7,12,16H,5,8-11,13-15H2,1-4H3,(H2,20,21,22). The number of guanidine groups is 1. The van der Waals surface area contributed by atoms with Crippen molar-refractivity contribution in [3.63, 3.8) is 0 Å². The van der Waals surface area contributed by atoms with E-state index in [2.05, 4.69) is 61.0 Å². The van der Waals surface area contributed by atoms with Crippen LogP contribution >= 0.6 is 11.3 Å². The van der Waals surface area contributed by atoms with Gasteiger partial charge in [0.1, 0.15) is 0 Å². The van der Waals surface area contributed by atoms with Gasteiger partial charge in [-0.1, -0.05) is 13.0 Å². The number of rotatable bonds is 8. The van der Waals surface area contributed by atoms with E-state index in [9.17, 15) is 0 Å². The quantitative estimate of drug-likeness (QED) is 0.548. The largest absolute Gasteiger partial charge is 0.381 e. The van der Waals surface area contributed by atoms with Gasteiger partial charge in [0.2, 0.25) is 0 Å². The molecule has 1 aromatic heterocycles. The molecule has 5 nitrogen and oxygen atoms in total. The van der Waals surface area contributed by atoms with E-state index >= 15 is 0 Å². The van der Waals surface area contributed by atoms with Gasteiger partial charge in [-0.05, 0) is 57.6 Å². The number of nitrogens with zero attached hydrogens (tertiary/aromatic N) is 2. The van der Waals surface area contributed by atoms with Crippen LogP contribution in [0.3, 0.4) is 0 Å². The summed E-state index contributed by atoms with van der Waals surface area (Å²) in [6.45, 7) is 8.67. The van der Waals surface area contributed by atoms with Crippen LogP contribution in [0.5, 0.6) is 0 Å². The average molecular weight is 367 g/mol. The second-order valence-corrected chi connectivity index (χ2v) is 8.23. The van der Waals surface area contributed by atoms with Crippen LogP contribution in [0.1, 0.15) is 31.6 Å². The van der Waals surface area contributed by atoms with Crippen LogP contribution < -0.4 is 10.6 Å². The summed E-state index contributed by atoms with van der Waals surface area (Å²) >= 11 is 1.84. The Bertz CT molecular complexity index is 510. The van der Waals surface area contributed by atoms with Crippen LogP contribution in [-0.2, 0) is 11.2 Å². The first-order valence-electron chi connectivity index (χ1n) is 9.35. The third-order valence-electron chi connectivity index (χ3n) is 5.00. The Labute approximate surface area is 156 Å². The summed E-state index contributed by atoms with van der Waals surface area (Å²) in [5.41, 5.74) is 0.114. The molecule has 1 atom stereocenters. The van der Waals surface area contributed by atoms with Crippen LogP contribution in [-0.4, -0.2) is 63.3 Å². The van der Waals surface area contributed by atoms with Crippen LogP contribution in [0.4, 0.5) is 0 Å². The fourth-order valence-electron chi connectivity index (χ4n) is 3.18. The number of nitrogens with one attached hydrogen (secondary N) is 2. The normalized spacial score (nSPS) is 19.0. The minimum atomic E-state index is 0.114. The first-order valence-corrected chi connectivity index (χ1v) is 10.2. The van der Waals surface area contributed by atoms with E-state index in [0.29, 0.717) is 5.92 Å². The molecule has 1 aliphatic rings. The Kier molecular flexibility index (Phi) is 8.19. The Morgan fingerprint density at radius 2 is 2.12 bits per heavy atom. The smallest absolute Gasteiger partial charge is 0.191 e. The predicted molar refractivity (Wildman–Crippen MR) is 108 cm³/mol. The molecule has 0 bridgehead atoms. The lowest BCUT2D eigenvalue weighted by Gasteiger charge is -2.41. The summed E-state index contributed by atoms with van der Waals surface area (Å²) in [6, 6.07) is 4.34. The SMILES string of the molecule is CCNC(=NCC1(N(C)C)CCOCC1)NCC(C)Cc1cccs1. The topological polar surface area (TPSA) is 48.9 Å². The predicted octanol–water partition coefficient (Wildman–Crippen LogP) is 2.59. The van der Waals surface area contributed by atoms with Crippen molar-refractivity contribution in [2.24, 2.45) is 10.9 Å². The number of aliphatic imine (C=N–C) groups is 1. The zero-order chi connectivity index (χ0) is 18.1. The Hall–Kier alpha value is -1.11. The van der Waals surface area contributed by atoms with Crippen molar-refractivity contribution >= 4 is 17.3 Å². The Balaban J connectivity index is 1.90. The molecule has 1 aromatic rings. The third-order valence-corrected chi connectivity index (χ3v) is 5.89. The van der Waals surface area contributed by atoms with Crippen LogP contribution in [0.15, 0.2) is 22.5 Å². The zero-order valence-corrected chi connectivity index (χ0v) is 17.0. The zero-order valence-electron chi connectivity index (χ0n) is 16.2. The van der Waals surface area contributed by atoms with Gasteiger partial charge in [-0.2, -0.15) is 0 Å². The molecule has 0 saturated carbocycles. The fourth-order valence-corrected chi connectivity index (χ4v) is 4.05. The first-order chi connectivity index (χ1) is 12.1. The molecule has 1 saturated heterocycles. The van der Waals surface area contributed by atoms with Crippen LogP contribution in [0.25, 0.3) is 0 Å². The van der Waals surface area contributed by atoms with Gasteiger partial charge in [-0.25, -0.2) is 0 Å². The Morgan fingerprint density at radius 1 is 1.36 bits per heavy atom. The second-order valence-electron chi connectivity index (χ2n) is 7.20. The van der Waals surface area contributed by atoms with E-state index in [4.69, 9.17) is 9.73 Å². The molecule has 2 heterocycles. The lowest BCUT2D eigenvalue weighted by Crippen LogP contribution is -2.52. The summed E-state index contributed by atoms with van der Waals surface area (Å²) in [5, 5.41) is 9.06. The summed E-state index contributed by atoms with van der Waals surface area (Å²) < 4.78 is 5.55. The van der Waals surface area contributed by atoms with E-state index in [1.165, 1.54) is 4.88 Å². The van der Waals surface area contributed by atoms with E-state index < -0.39 is 0 Å². The summed E-state index contributed by atoms with van der Waals surface area (Å²) in [6.07, 6.45) is 3.19. The van der Waals surface area contributed by atoms with Crippen molar-refractivity contribution in [3.8, 4) is 0 Å². The molecule has 0 radical (unpaired) electrons. The van der Waals surface area contributed by atoms with Gasteiger partial charge in [-0.15, -0.1) is 11.3 Å². The van der Waals surface area contributed by atoms with Crippen molar-refractivity contribution in [3.05, 3.63) is 22.4 Å². The van der Waals surface area contributed by atoms with Gasteiger partial charge in [0.25, 0.3) is 0 Å². The molecule has 1 aliphatic heterocycles.